The molecular weight excluding hydrogens is 337 g/mol. The summed E-state index contributed by atoms with van der Waals surface area (Å²) in [6.45, 7) is -0.863. The fraction of sp³-hybridized carbons (Fsp3) is 0.267. The van der Waals surface area contributed by atoms with E-state index in [4.69, 9.17) is 4.74 Å². The molecule has 3 aromatic rings. The second-order valence-corrected chi connectivity index (χ2v) is 5.23. The molecule has 2 heterocycles. The number of rotatable bonds is 6. The summed E-state index contributed by atoms with van der Waals surface area (Å²) in [5.74, 6) is 0.855. The lowest BCUT2D eigenvalue weighted by atomic mass is 10.1. The average Bonchev–Trinajstić information content (AvgIpc) is 3.20. The largest absolute Gasteiger partial charge is 0.497 e. The minimum atomic E-state index is -4.34. The topological polar surface area (TPSA) is 80.6 Å². The highest BCUT2D eigenvalue weighted by atomic mass is 19.4. The lowest BCUT2D eigenvalue weighted by Gasteiger charge is -2.06. The molecule has 2 aromatic heterocycles. The minimum Gasteiger partial charge on any atom is -0.497 e. The number of hydrogen-bond donors (Lipinski definition) is 2. The predicted molar refractivity (Wildman–Crippen MR) is 84.0 cm³/mol. The summed E-state index contributed by atoms with van der Waals surface area (Å²) in [4.78, 5) is 3.82. The first-order valence-electron chi connectivity index (χ1n) is 7.31. The second kappa shape index (κ2) is 6.83. The Kier molecular flexibility index (Phi) is 4.59. The zero-order chi connectivity index (χ0) is 17.9. The number of halogens is 3. The van der Waals surface area contributed by atoms with E-state index in [0.29, 0.717) is 6.54 Å². The van der Waals surface area contributed by atoms with Crippen molar-refractivity contribution in [1.29, 1.82) is 0 Å². The number of ether oxygens (including phenoxy) is 1. The first-order chi connectivity index (χ1) is 11.9. The van der Waals surface area contributed by atoms with Gasteiger partial charge in [0.05, 0.1) is 19.0 Å². The van der Waals surface area contributed by atoms with Crippen LogP contribution in [0.15, 0.2) is 36.8 Å². The van der Waals surface area contributed by atoms with Crippen molar-refractivity contribution in [2.75, 3.05) is 12.4 Å². The van der Waals surface area contributed by atoms with Gasteiger partial charge in [0.25, 0.3) is 0 Å². The van der Waals surface area contributed by atoms with Gasteiger partial charge >= 0.3 is 6.18 Å². The van der Waals surface area contributed by atoms with Crippen LogP contribution < -0.4 is 10.1 Å². The number of aromatic amines is 1. The van der Waals surface area contributed by atoms with Gasteiger partial charge in [0.1, 0.15) is 18.6 Å². The van der Waals surface area contributed by atoms with Gasteiger partial charge in [0.15, 0.2) is 0 Å². The number of benzene rings is 1. The first kappa shape index (κ1) is 16.8. The molecule has 0 atom stereocenters. The minimum absolute atomic E-state index is 0.117. The van der Waals surface area contributed by atoms with E-state index in [1.807, 2.05) is 24.3 Å². The van der Waals surface area contributed by atoms with Gasteiger partial charge in [-0.05, 0) is 24.3 Å². The molecule has 10 heteroatoms. The summed E-state index contributed by atoms with van der Waals surface area (Å²) in [5, 5.41) is 13.6. The van der Waals surface area contributed by atoms with E-state index < -0.39 is 12.7 Å². The summed E-state index contributed by atoms with van der Waals surface area (Å²) in [6, 6.07) is 7.42. The third kappa shape index (κ3) is 4.28. The molecule has 3 rings (SSSR count). The number of nitrogens with one attached hydrogen (secondary N) is 2. The Morgan fingerprint density at radius 3 is 2.68 bits per heavy atom. The molecule has 0 unspecified atom stereocenters. The van der Waals surface area contributed by atoms with Crippen LogP contribution in [-0.4, -0.2) is 38.2 Å². The van der Waals surface area contributed by atoms with E-state index in [0.717, 1.165) is 33.6 Å². The summed E-state index contributed by atoms with van der Waals surface area (Å²) >= 11 is 0. The molecule has 25 heavy (non-hydrogen) atoms. The number of hydrogen-bond acceptors (Lipinski definition) is 5. The van der Waals surface area contributed by atoms with Crippen LogP contribution in [0.3, 0.4) is 0 Å². The van der Waals surface area contributed by atoms with E-state index in [1.165, 1.54) is 0 Å². The maximum Gasteiger partial charge on any atom is 0.408 e. The normalized spacial score (nSPS) is 11.5. The van der Waals surface area contributed by atoms with Gasteiger partial charge in [0, 0.05) is 17.7 Å². The second-order valence-electron chi connectivity index (χ2n) is 5.23. The number of H-pyrrole nitrogens is 1. The van der Waals surface area contributed by atoms with Crippen LogP contribution in [0.2, 0.25) is 0 Å². The average molecular weight is 352 g/mol. The van der Waals surface area contributed by atoms with Gasteiger partial charge < -0.3 is 10.1 Å². The molecule has 0 saturated heterocycles. The smallest absolute Gasteiger partial charge is 0.408 e. The van der Waals surface area contributed by atoms with E-state index in [9.17, 15) is 13.2 Å². The number of methoxy groups -OCH3 is 1. The molecule has 0 amide bonds. The standard InChI is InChI=1S/C15H15F3N6O/c1-25-12-4-2-10(3-5-12)13-11(7-21-22-13)6-19-14-20-9-24(23-14)8-15(16,17)18/h2-5,7,9H,6,8H2,1H3,(H,19,23)(H,21,22). The fourth-order valence-corrected chi connectivity index (χ4v) is 2.26. The Balaban J connectivity index is 1.67. The van der Waals surface area contributed by atoms with Crippen molar-refractivity contribution >= 4 is 5.95 Å². The molecule has 132 valence electrons. The van der Waals surface area contributed by atoms with E-state index in [-0.39, 0.29) is 5.95 Å². The van der Waals surface area contributed by atoms with Crippen molar-refractivity contribution in [3.05, 3.63) is 42.4 Å². The van der Waals surface area contributed by atoms with Crippen LogP contribution >= 0.6 is 0 Å². The van der Waals surface area contributed by atoms with Gasteiger partial charge in [-0.1, -0.05) is 0 Å². The third-order valence-corrected chi connectivity index (χ3v) is 3.41. The Morgan fingerprint density at radius 2 is 2.00 bits per heavy atom. The maximum absolute atomic E-state index is 12.3. The molecule has 0 radical (unpaired) electrons. The van der Waals surface area contributed by atoms with Gasteiger partial charge in [-0.3, -0.25) is 5.10 Å². The zero-order valence-corrected chi connectivity index (χ0v) is 13.2. The van der Waals surface area contributed by atoms with Crippen LogP contribution in [0.1, 0.15) is 5.56 Å². The van der Waals surface area contributed by atoms with E-state index in [1.54, 1.807) is 13.3 Å². The van der Waals surface area contributed by atoms with Crippen molar-refractivity contribution in [2.45, 2.75) is 19.3 Å². The van der Waals surface area contributed by atoms with Crippen LogP contribution in [0.25, 0.3) is 11.3 Å². The van der Waals surface area contributed by atoms with Crippen molar-refractivity contribution in [3.8, 4) is 17.0 Å². The molecule has 0 spiro atoms. The third-order valence-electron chi connectivity index (χ3n) is 3.41. The quantitative estimate of drug-likeness (QED) is 0.713. The summed E-state index contributed by atoms with van der Waals surface area (Å²) < 4.78 is 42.8. The molecule has 0 fully saturated rings. The molecule has 7 nitrogen and oxygen atoms in total. The van der Waals surface area contributed by atoms with Gasteiger partial charge in [0.2, 0.25) is 5.95 Å². The van der Waals surface area contributed by atoms with Crippen LogP contribution in [0.5, 0.6) is 5.75 Å². The van der Waals surface area contributed by atoms with Gasteiger partial charge in [-0.2, -0.15) is 18.3 Å². The SMILES string of the molecule is COc1ccc(-c2[nH]ncc2CNc2ncn(CC(F)(F)F)n2)cc1. The van der Waals surface area contributed by atoms with E-state index >= 15 is 0 Å². The monoisotopic (exact) mass is 352 g/mol. The van der Waals surface area contributed by atoms with E-state index in [2.05, 4.69) is 25.6 Å². The molecule has 0 bridgehead atoms. The fourth-order valence-electron chi connectivity index (χ4n) is 2.26. The first-order valence-corrected chi connectivity index (χ1v) is 7.31. The number of nitrogens with zero attached hydrogens (tertiary/aromatic N) is 4. The summed E-state index contributed by atoms with van der Waals surface area (Å²) in [6.07, 6.45) is -1.66. The Hall–Kier alpha value is -3.04. The highest BCUT2D eigenvalue weighted by Gasteiger charge is 2.28. The van der Waals surface area contributed by atoms with Crippen molar-refractivity contribution < 1.29 is 17.9 Å². The molecule has 0 aliphatic rings. The van der Waals surface area contributed by atoms with Crippen LogP contribution in [-0.2, 0) is 13.1 Å². The van der Waals surface area contributed by atoms with Crippen LogP contribution in [0, 0.1) is 0 Å². The molecule has 0 aliphatic heterocycles. The zero-order valence-electron chi connectivity index (χ0n) is 13.2. The lowest BCUT2D eigenvalue weighted by molar-refractivity contribution is -0.142. The van der Waals surface area contributed by atoms with Crippen LogP contribution in [0.4, 0.5) is 19.1 Å². The number of aromatic nitrogens is 5. The molecule has 0 saturated carbocycles. The van der Waals surface area contributed by atoms with Crippen molar-refractivity contribution in [1.82, 2.24) is 25.0 Å². The summed E-state index contributed by atoms with van der Waals surface area (Å²) in [5.41, 5.74) is 2.54. The Labute approximate surface area is 140 Å². The molecule has 1 aromatic carbocycles. The Bertz CT molecular complexity index is 824. The molecule has 0 aliphatic carbocycles. The lowest BCUT2D eigenvalue weighted by Crippen LogP contribution is -2.18. The summed E-state index contributed by atoms with van der Waals surface area (Å²) in [7, 11) is 1.59. The van der Waals surface area contributed by atoms with Gasteiger partial charge in [-0.25, -0.2) is 9.67 Å². The maximum atomic E-state index is 12.3. The van der Waals surface area contributed by atoms with Crippen molar-refractivity contribution in [3.63, 3.8) is 0 Å². The van der Waals surface area contributed by atoms with Gasteiger partial charge in [-0.15, -0.1) is 5.10 Å². The predicted octanol–water partition coefficient (Wildman–Crippen LogP) is 2.85. The highest BCUT2D eigenvalue weighted by molar-refractivity contribution is 5.63. The number of alkyl halides is 3. The van der Waals surface area contributed by atoms with Crippen molar-refractivity contribution in [2.24, 2.45) is 0 Å². The number of anilines is 1. The molecule has 2 N–H and O–H groups in total. The highest BCUT2D eigenvalue weighted by Crippen LogP contribution is 2.24. The Morgan fingerprint density at radius 1 is 1.24 bits per heavy atom. The molecular formula is C15H15F3N6O.